The Bertz CT molecular complexity index is 1070. The van der Waals surface area contributed by atoms with Gasteiger partial charge >= 0.3 is 0 Å². The van der Waals surface area contributed by atoms with E-state index in [-0.39, 0.29) is 0 Å². The summed E-state index contributed by atoms with van der Waals surface area (Å²) >= 11 is 0. The van der Waals surface area contributed by atoms with Gasteiger partial charge in [-0.3, -0.25) is 4.57 Å². The lowest BCUT2D eigenvalue weighted by atomic mass is 9.94. The number of aromatic nitrogens is 4. The molecule has 2 aromatic carbocycles. The van der Waals surface area contributed by atoms with Crippen molar-refractivity contribution < 1.29 is 0 Å². The second-order valence-corrected chi connectivity index (χ2v) is 5.76. The van der Waals surface area contributed by atoms with Gasteiger partial charge in [-0.1, -0.05) is 29.7 Å². The first-order chi connectivity index (χ1) is 12.1. The smallest absolute Gasteiger partial charge is 0.214 e. The van der Waals surface area contributed by atoms with E-state index in [0.29, 0.717) is 23.0 Å². The van der Waals surface area contributed by atoms with Crippen LogP contribution in [0.3, 0.4) is 0 Å². The van der Waals surface area contributed by atoms with Gasteiger partial charge in [-0.2, -0.15) is 0 Å². The van der Waals surface area contributed by atoms with Crippen LogP contribution in [0.5, 0.6) is 0 Å². The molecule has 2 aromatic heterocycles. The summed E-state index contributed by atoms with van der Waals surface area (Å²) in [7, 11) is 5.92. The van der Waals surface area contributed by atoms with E-state index >= 15 is 0 Å². The van der Waals surface area contributed by atoms with Gasteiger partial charge in [-0.25, -0.2) is 15.0 Å². The third kappa shape index (κ3) is 2.80. The molecule has 0 amide bonds. The molecule has 3 N–H and O–H groups in total. The summed E-state index contributed by atoms with van der Waals surface area (Å²) in [4.78, 5) is 13.0. The van der Waals surface area contributed by atoms with Crippen molar-refractivity contribution in [2.24, 2.45) is 0 Å². The summed E-state index contributed by atoms with van der Waals surface area (Å²) in [5.74, 6) is 1.67. The van der Waals surface area contributed by atoms with E-state index in [4.69, 9.17) is 18.6 Å². The monoisotopic (exact) mass is 326 g/mol. The summed E-state index contributed by atoms with van der Waals surface area (Å²) in [6.07, 6.45) is 1.44. The molecule has 0 bridgehead atoms. The van der Waals surface area contributed by atoms with Crippen molar-refractivity contribution in [2.45, 2.75) is 6.92 Å². The van der Waals surface area contributed by atoms with Crippen molar-refractivity contribution in [1.82, 2.24) is 19.5 Å². The van der Waals surface area contributed by atoms with Gasteiger partial charge in [0, 0.05) is 11.8 Å². The van der Waals surface area contributed by atoms with Crippen LogP contribution >= 0.6 is 0 Å². The molecule has 0 atom stereocenters. The van der Waals surface area contributed by atoms with Crippen molar-refractivity contribution in [3.63, 3.8) is 0 Å². The molecule has 0 aliphatic heterocycles. The molecule has 0 saturated carbocycles. The van der Waals surface area contributed by atoms with Crippen molar-refractivity contribution >= 4 is 41.8 Å². The largest absolute Gasteiger partial charge is 0.384 e. The summed E-state index contributed by atoms with van der Waals surface area (Å²) < 4.78 is 1.91. The molecule has 2 radical (unpaired) electrons. The molecular weight excluding hydrogens is 311 g/mol. The molecule has 0 saturated heterocycles. The minimum atomic E-state index is 0.397. The van der Waals surface area contributed by atoms with Crippen molar-refractivity contribution in [3.8, 4) is 5.82 Å². The zero-order valence-electron chi connectivity index (χ0n) is 13.6. The molecule has 120 valence electrons. The SMILES string of the molecule is [B]c1ccc(C)c(Nc2nc3ccccc3n2-c2cc(N)ncn2)c1. The normalized spacial score (nSPS) is 10.9. The number of fused-ring (bicyclic) bond motifs is 1. The lowest BCUT2D eigenvalue weighted by Gasteiger charge is -2.12. The fraction of sp³-hybridized carbons (Fsp3) is 0.0556. The van der Waals surface area contributed by atoms with Crippen molar-refractivity contribution in [2.75, 3.05) is 11.1 Å². The molecule has 0 spiro atoms. The molecule has 4 rings (SSSR count). The van der Waals surface area contributed by atoms with Gasteiger partial charge < -0.3 is 11.1 Å². The van der Waals surface area contributed by atoms with Gasteiger partial charge in [0.05, 0.1) is 11.0 Å². The third-order valence-electron chi connectivity index (χ3n) is 3.97. The molecule has 6 nitrogen and oxygen atoms in total. The Morgan fingerprint density at radius 3 is 2.76 bits per heavy atom. The van der Waals surface area contributed by atoms with Crippen LogP contribution in [0.25, 0.3) is 16.9 Å². The van der Waals surface area contributed by atoms with Crippen LogP contribution < -0.4 is 16.5 Å². The standard InChI is InChI=1S/C18H15BN6/c1-11-6-7-12(19)8-14(11)24-18-23-13-4-2-3-5-15(13)25(18)17-9-16(20)21-10-22-17/h2-10H,1H3,(H,23,24)(H2,20,21,22). The Morgan fingerprint density at radius 1 is 1.08 bits per heavy atom. The van der Waals surface area contributed by atoms with Gasteiger partial charge in [0.25, 0.3) is 0 Å². The Labute approximate surface area is 146 Å². The third-order valence-corrected chi connectivity index (χ3v) is 3.97. The van der Waals surface area contributed by atoms with E-state index in [1.165, 1.54) is 6.33 Å². The van der Waals surface area contributed by atoms with E-state index in [1.807, 2.05) is 54.0 Å². The van der Waals surface area contributed by atoms with Crippen LogP contribution in [-0.2, 0) is 0 Å². The molecule has 7 heteroatoms. The number of aryl methyl sites for hydroxylation is 1. The highest BCUT2D eigenvalue weighted by Crippen LogP contribution is 2.27. The molecule has 0 fully saturated rings. The molecule has 4 aromatic rings. The van der Waals surface area contributed by atoms with Crippen LogP contribution in [0.4, 0.5) is 17.5 Å². The Hall–Kier alpha value is -3.35. The fourth-order valence-electron chi connectivity index (χ4n) is 2.72. The van der Waals surface area contributed by atoms with E-state index in [9.17, 15) is 0 Å². The first kappa shape index (κ1) is 15.2. The van der Waals surface area contributed by atoms with Crippen LogP contribution in [0, 0.1) is 6.92 Å². The maximum atomic E-state index is 5.92. The van der Waals surface area contributed by atoms with E-state index in [2.05, 4.69) is 15.3 Å². The Morgan fingerprint density at radius 2 is 1.92 bits per heavy atom. The van der Waals surface area contributed by atoms with Crippen molar-refractivity contribution in [1.29, 1.82) is 0 Å². The van der Waals surface area contributed by atoms with E-state index in [1.54, 1.807) is 6.07 Å². The predicted molar refractivity (Wildman–Crippen MR) is 101 cm³/mol. The highest BCUT2D eigenvalue weighted by atomic mass is 15.2. The molecule has 25 heavy (non-hydrogen) atoms. The quantitative estimate of drug-likeness (QED) is 0.564. The zero-order chi connectivity index (χ0) is 17.4. The second-order valence-electron chi connectivity index (χ2n) is 5.76. The minimum absolute atomic E-state index is 0.397. The number of para-hydroxylation sites is 2. The maximum absolute atomic E-state index is 5.92. The van der Waals surface area contributed by atoms with E-state index < -0.39 is 0 Å². The van der Waals surface area contributed by atoms with Gasteiger partial charge in [-0.05, 0) is 30.7 Å². The van der Waals surface area contributed by atoms with Gasteiger partial charge in [-0.15, -0.1) is 0 Å². The molecule has 2 heterocycles. The first-order valence-electron chi connectivity index (χ1n) is 7.80. The number of nitrogens with one attached hydrogen (secondary N) is 1. The lowest BCUT2D eigenvalue weighted by Crippen LogP contribution is -2.08. The zero-order valence-corrected chi connectivity index (χ0v) is 13.6. The highest BCUT2D eigenvalue weighted by molar-refractivity contribution is 6.32. The van der Waals surface area contributed by atoms with Gasteiger partial charge in [0.1, 0.15) is 25.8 Å². The predicted octanol–water partition coefficient (Wildman–Crippen LogP) is 2.24. The number of nitrogens with two attached hydrogens (primary N) is 1. The first-order valence-corrected chi connectivity index (χ1v) is 7.80. The number of nitrogen functional groups attached to an aromatic ring is 1. The van der Waals surface area contributed by atoms with Crippen LogP contribution in [0.2, 0.25) is 0 Å². The van der Waals surface area contributed by atoms with E-state index in [0.717, 1.165) is 22.3 Å². The highest BCUT2D eigenvalue weighted by Gasteiger charge is 2.14. The lowest BCUT2D eigenvalue weighted by molar-refractivity contribution is 1.00. The Kier molecular flexibility index (Phi) is 3.61. The number of nitrogens with zero attached hydrogens (tertiary/aromatic N) is 4. The van der Waals surface area contributed by atoms with Crippen LogP contribution in [-0.4, -0.2) is 27.4 Å². The van der Waals surface area contributed by atoms with Gasteiger partial charge in [0.2, 0.25) is 5.95 Å². The van der Waals surface area contributed by atoms with Crippen LogP contribution in [0.1, 0.15) is 5.56 Å². The summed E-state index contributed by atoms with van der Waals surface area (Å²) in [6, 6.07) is 15.3. The number of hydrogen-bond donors (Lipinski definition) is 2. The minimum Gasteiger partial charge on any atom is -0.384 e. The molecular formula is C18H15BN6. The molecule has 0 aliphatic rings. The topological polar surface area (TPSA) is 81.7 Å². The number of benzene rings is 2. The molecule has 0 aliphatic carbocycles. The summed E-state index contributed by atoms with van der Waals surface area (Å²) in [5, 5.41) is 3.36. The van der Waals surface area contributed by atoms with Crippen molar-refractivity contribution in [3.05, 3.63) is 60.4 Å². The maximum Gasteiger partial charge on any atom is 0.214 e. The summed E-state index contributed by atoms with van der Waals surface area (Å²) in [6.45, 7) is 2.01. The second kappa shape index (κ2) is 5.94. The number of hydrogen-bond acceptors (Lipinski definition) is 5. The summed E-state index contributed by atoms with van der Waals surface area (Å²) in [5.41, 5.74) is 10.2. The van der Waals surface area contributed by atoms with Crippen LogP contribution in [0.15, 0.2) is 54.9 Å². The van der Waals surface area contributed by atoms with Gasteiger partial charge in [0.15, 0.2) is 0 Å². The molecule has 0 unspecified atom stereocenters. The average molecular weight is 326 g/mol. The fourth-order valence-corrected chi connectivity index (χ4v) is 2.72. The number of rotatable bonds is 3. The number of imidazole rings is 1. The Balaban J connectivity index is 1.91. The average Bonchev–Trinajstić information content (AvgIpc) is 2.96. The number of anilines is 3.